The molecular formula is C26H41NO3. The summed E-state index contributed by atoms with van der Waals surface area (Å²) >= 11 is 0. The van der Waals surface area contributed by atoms with Crippen molar-refractivity contribution in [2.75, 3.05) is 13.7 Å². The van der Waals surface area contributed by atoms with Gasteiger partial charge in [-0.2, -0.15) is 0 Å². The zero-order valence-electron chi connectivity index (χ0n) is 19.1. The Bertz CT molecular complexity index is 681. The van der Waals surface area contributed by atoms with Crippen molar-refractivity contribution < 1.29 is 14.9 Å². The number of hydrogen-bond donors (Lipinski definition) is 3. The minimum atomic E-state index is -0.508. The molecule has 1 aromatic rings. The van der Waals surface area contributed by atoms with E-state index in [-0.39, 0.29) is 18.8 Å². The third kappa shape index (κ3) is 4.56. The van der Waals surface area contributed by atoms with Crippen molar-refractivity contribution >= 4 is 0 Å². The van der Waals surface area contributed by atoms with E-state index >= 15 is 0 Å². The number of aliphatic hydroxyl groups is 2. The van der Waals surface area contributed by atoms with E-state index in [0.717, 1.165) is 36.3 Å². The molecule has 0 aromatic heterocycles. The van der Waals surface area contributed by atoms with Crippen LogP contribution in [0.5, 0.6) is 5.75 Å². The molecule has 0 amide bonds. The van der Waals surface area contributed by atoms with Gasteiger partial charge in [-0.05, 0) is 113 Å². The topological polar surface area (TPSA) is 61.7 Å². The maximum Gasteiger partial charge on any atom is 0.123 e. The lowest BCUT2D eigenvalue weighted by Crippen LogP contribution is -2.48. The Hall–Kier alpha value is -1.10. The highest BCUT2D eigenvalue weighted by molar-refractivity contribution is 5.44. The lowest BCUT2D eigenvalue weighted by Gasteiger charge is -2.57. The van der Waals surface area contributed by atoms with Crippen molar-refractivity contribution in [3.05, 3.63) is 29.3 Å². The summed E-state index contributed by atoms with van der Waals surface area (Å²) in [6, 6.07) is 6.87. The number of rotatable bonds is 10. The summed E-state index contributed by atoms with van der Waals surface area (Å²) in [5, 5.41) is 22.7. The van der Waals surface area contributed by atoms with E-state index in [4.69, 9.17) is 9.84 Å². The van der Waals surface area contributed by atoms with Gasteiger partial charge in [0.25, 0.3) is 0 Å². The molecule has 168 valence electrons. The summed E-state index contributed by atoms with van der Waals surface area (Å²) in [5.41, 5.74) is 3.12. The van der Waals surface area contributed by atoms with Crippen molar-refractivity contribution in [1.82, 2.24) is 5.32 Å². The van der Waals surface area contributed by atoms with Crippen LogP contribution in [0.25, 0.3) is 0 Å². The number of ether oxygens (including phenoxy) is 1. The molecule has 4 aliphatic carbocycles. The molecule has 4 heteroatoms. The highest BCUT2D eigenvalue weighted by Gasteiger charge is 2.52. The van der Waals surface area contributed by atoms with Gasteiger partial charge in [-0.1, -0.05) is 12.1 Å². The second-order valence-corrected chi connectivity index (χ2v) is 10.7. The van der Waals surface area contributed by atoms with Gasteiger partial charge in [0.2, 0.25) is 0 Å². The Kier molecular flexibility index (Phi) is 6.76. The largest absolute Gasteiger partial charge is 0.491 e. The normalized spacial score (nSPS) is 31.9. The van der Waals surface area contributed by atoms with E-state index in [0.29, 0.717) is 11.8 Å². The molecule has 2 unspecified atom stereocenters. The zero-order chi connectivity index (χ0) is 21.3. The maximum atomic E-state index is 10.3. The van der Waals surface area contributed by atoms with Gasteiger partial charge < -0.3 is 20.3 Å². The van der Waals surface area contributed by atoms with Gasteiger partial charge >= 0.3 is 0 Å². The smallest absolute Gasteiger partial charge is 0.123 e. The lowest BCUT2D eigenvalue weighted by atomic mass is 9.48. The Morgan fingerprint density at radius 2 is 1.70 bits per heavy atom. The molecule has 4 fully saturated rings. The van der Waals surface area contributed by atoms with Crippen molar-refractivity contribution in [3.8, 4) is 5.75 Å². The average molecular weight is 416 g/mol. The highest BCUT2D eigenvalue weighted by atomic mass is 16.5. The van der Waals surface area contributed by atoms with Gasteiger partial charge in [0, 0.05) is 18.2 Å². The van der Waals surface area contributed by atoms with Gasteiger partial charge in [0.05, 0.1) is 12.2 Å². The fraction of sp³-hybridized carbons (Fsp3) is 0.769. The number of likely N-dealkylation sites (N-methyl/N-ethyl adjacent to an activating group) is 1. The van der Waals surface area contributed by atoms with Crippen LogP contribution in [0.1, 0.15) is 76.3 Å². The first-order valence-corrected chi connectivity index (χ1v) is 12.2. The van der Waals surface area contributed by atoms with E-state index in [9.17, 15) is 5.11 Å². The molecule has 0 heterocycles. The summed E-state index contributed by atoms with van der Waals surface area (Å²) < 4.78 is 6.33. The van der Waals surface area contributed by atoms with E-state index in [1.54, 1.807) is 0 Å². The Morgan fingerprint density at radius 1 is 1.07 bits per heavy atom. The van der Waals surface area contributed by atoms with E-state index < -0.39 is 6.10 Å². The molecule has 4 bridgehead atoms. The summed E-state index contributed by atoms with van der Waals surface area (Å²) in [7, 11) is 1.89. The van der Waals surface area contributed by atoms with Crippen molar-refractivity contribution in [3.63, 3.8) is 0 Å². The second-order valence-electron chi connectivity index (χ2n) is 10.7. The van der Waals surface area contributed by atoms with Crippen molar-refractivity contribution in [1.29, 1.82) is 0 Å². The number of aliphatic hydroxyl groups excluding tert-OH is 2. The molecular weight excluding hydrogens is 374 g/mol. The predicted octanol–water partition coefficient (Wildman–Crippen LogP) is 4.21. The first kappa shape index (κ1) is 22.1. The molecule has 4 aliphatic rings. The predicted molar refractivity (Wildman–Crippen MR) is 121 cm³/mol. The molecule has 5 rings (SSSR count). The van der Waals surface area contributed by atoms with Crippen LogP contribution in [0.2, 0.25) is 0 Å². The summed E-state index contributed by atoms with van der Waals surface area (Å²) in [5.74, 6) is 3.83. The van der Waals surface area contributed by atoms with Gasteiger partial charge in [-0.25, -0.2) is 0 Å². The van der Waals surface area contributed by atoms with Crippen LogP contribution in [-0.4, -0.2) is 42.1 Å². The molecule has 4 saturated carbocycles. The van der Waals surface area contributed by atoms with Crippen LogP contribution in [0, 0.1) is 17.8 Å². The monoisotopic (exact) mass is 415 g/mol. The fourth-order valence-corrected chi connectivity index (χ4v) is 7.13. The minimum absolute atomic E-state index is 0.00624. The Balaban J connectivity index is 1.57. The van der Waals surface area contributed by atoms with Gasteiger partial charge in [-0.3, -0.25) is 0 Å². The number of benzene rings is 1. The van der Waals surface area contributed by atoms with Gasteiger partial charge in [0.15, 0.2) is 0 Å². The van der Waals surface area contributed by atoms with Crippen LogP contribution in [0.3, 0.4) is 0 Å². The van der Waals surface area contributed by atoms with E-state index in [1.165, 1.54) is 49.7 Å². The Morgan fingerprint density at radius 3 is 2.23 bits per heavy atom. The van der Waals surface area contributed by atoms with Crippen LogP contribution in [0.15, 0.2) is 18.2 Å². The standard InChI is InChI=1S/C26H41NO3/c1-17(2)30-25-7-5-18(4-6-23(27-3)24(29)8-9-28)13-22(25)26-14-19-10-20(15-26)12-21(11-19)16-26/h5,7,13,17,19-21,23-24,27-29H,4,6,8-12,14-16H2,1-3H3. The number of hydrogen-bond acceptors (Lipinski definition) is 4. The maximum absolute atomic E-state index is 10.3. The second kappa shape index (κ2) is 9.18. The van der Waals surface area contributed by atoms with Crippen LogP contribution < -0.4 is 10.1 Å². The molecule has 0 saturated heterocycles. The molecule has 2 atom stereocenters. The van der Waals surface area contributed by atoms with Crippen LogP contribution in [0.4, 0.5) is 0 Å². The third-order valence-corrected chi connectivity index (χ3v) is 8.02. The number of nitrogens with one attached hydrogen (secondary N) is 1. The summed E-state index contributed by atoms with van der Waals surface area (Å²) in [6.45, 7) is 4.27. The first-order valence-electron chi connectivity index (χ1n) is 12.2. The van der Waals surface area contributed by atoms with Crippen molar-refractivity contribution in [2.45, 2.75) is 95.3 Å². The Labute approximate surface area is 182 Å². The van der Waals surface area contributed by atoms with Crippen LogP contribution in [-0.2, 0) is 11.8 Å². The first-order chi connectivity index (χ1) is 14.4. The molecule has 3 N–H and O–H groups in total. The summed E-state index contributed by atoms with van der Waals surface area (Å²) in [4.78, 5) is 0. The fourth-order valence-electron chi connectivity index (χ4n) is 7.13. The van der Waals surface area contributed by atoms with Gasteiger partial charge in [-0.15, -0.1) is 0 Å². The summed E-state index contributed by atoms with van der Waals surface area (Å²) in [6.07, 6.45) is 10.3. The number of aryl methyl sites for hydroxylation is 1. The van der Waals surface area contributed by atoms with Gasteiger partial charge in [0.1, 0.15) is 5.75 Å². The average Bonchev–Trinajstić information content (AvgIpc) is 2.68. The quantitative estimate of drug-likeness (QED) is 0.536. The molecule has 0 radical (unpaired) electrons. The SMILES string of the molecule is CNC(CCc1ccc(OC(C)C)c(C23CC4CC(CC(C4)C2)C3)c1)C(O)CCO. The van der Waals surface area contributed by atoms with E-state index in [2.05, 4.69) is 37.4 Å². The van der Waals surface area contributed by atoms with Crippen molar-refractivity contribution in [2.24, 2.45) is 17.8 Å². The molecule has 30 heavy (non-hydrogen) atoms. The van der Waals surface area contributed by atoms with E-state index in [1.807, 2.05) is 7.05 Å². The third-order valence-electron chi connectivity index (χ3n) is 8.02. The van der Waals surface area contributed by atoms with Crippen LogP contribution >= 0.6 is 0 Å². The molecule has 1 aromatic carbocycles. The molecule has 0 spiro atoms. The zero-order valence-corrected chi connectivity index (χ0v) is 19.1. The lowest BCUT2D eigenvalue weighted by molar-refractivity contribution is -0.00674. The minimum Gasteiger partial charge on any atom is -0.491 e. The molecule has 4 nitrogen and oxygen atoms in total. The highest BCUT2D eigenvalue weighted by Crippen LogP contribution is 2.62. The molecule has 0 aliphatic heterocycles.